The van der Waals surface area contributed by atoms with Crippen LogP contribution in [0.4, 0.5) is 18.9 Å². The summed E-state index contributed by atoms with van der Waals surface area (Å²) in [6.45, 7) is 0.390. The molecule has 2 rings (SSSR count). The van der Waals surface area contributed by atoms with Crippen molar-refractivity contribution in [3.8, 4) is 5.75 Å². The SMILES string of the molecule is FC(F)(F)Oc1ccc(CNNc2ccccc2)cc1Cl. The second-order valence-electron chi connectivity index (χ2n) is 4.16. The van der Waals surface area contributed by atoms with Gasteiger partial charge in [0.2, 0.25) is 0 Å². The Kier molecular flexibility index (Phi) is 4.93. The summed E-state index contributed by atoms with van der Waals surface area (Å²) >= 11 is 5.76. The molecule has 0 amide bonds. The average molecular weight is 317 g/mol. The molecule has 0 unspecified atom stereocenters. The van der Waals surface area contributed by atoms with Gasteiger partial charge in [-0.1, -0.05) is 35.9 Å². The highest BCUT2D eigenvalue weighted by atomic mass is 35.5. The molecule has 0 aliphatic heterocycles. The van der Waals surface area contributed by atoms with Gasteiger partial charge in [0.05, 0.1) is 5.02 Å². The summed E-state index contributed by atoms with van der Waals surface area (Å²) in [5.41, 5.74) is 7.50. The Hall–Kier alpha value is -1.92. The first kappa shape index (κ1) is 15.5. The quantitative estimate of drug-likeness (QED) is 0.804. The number of nitrogens with one attached hydrogen (secondary N) is 2. The average Bonchev–Trinajstić information content (AvgIpc) is 2.42. The third-order valence-corrected chi connectivity index (χ3v) is 2.82. The van der Waals surface area contributed by atoms with Crippen molar-refractivity contribution in [1.82, 2.24) is 5.43 Å². The standard InChI is InChI=1S/C14H12ClF3N2O/c15-12-8-10(6-7-13(12)21-14(16,17)18)9-19-20-11-4-2-1-3-5-11/h1-8,19-20H,9H2. The molecular weight excluding hydrogens is 305 g/mol. The van der Waals surface area contributed by atoms with Gasteiger partial charge in [-0.2, -0.15) is 0 Å². The van der Waals surface area contributed by atoms with E-state index in [9.17, 15) is 13.2 Å². The van der Waals surface area contributed by atoms with Gasteiger partial charge in [-0.3, -0.25) is 0 Å². The maximum Gasteiger partial charge on any atom is 0.573 e. The molecule has 7 heteroatoms. The lowest BCUT2D eigenvalue weighted by Crippen LogP contribution is -2.21. The molecule has 0 saturated heterocycles. The van der Waals surface area contributed by atoms with E-state index in [4.69, 9.17) is 11.6 Å². The van der Waals surface area contributed by atoms with Crippen molar-refractivity contribution in [2.75, 3.05) is 5.43 Å². The lowest BCUT2D eigenvalue weighted by Gasteiger charge is -2.12. The second kappa shape index (κ2) is 6.69. The summed E-state index contributed by atoms with van der Waals surface area (Å²) in [5, 5.41) is -0.0914. The molecule has 0 heterocycles. The summed E-state index contributed by atoms with van der Waals surface area (Å²) < 4.78 is 40.1. The van der Waals surface area contributed by atoms with Gasteiger partial charge in [0, 0.05) is 12.2 Å². The van der Waals surface area contributed by atoms with Crippen LogP contribution in [0.1, 0.15) is 5.56 Å². The highest BCUT2D eigenvalue weighted by Gasteiger charge is 2.31. The topological polar surface area (TPSA) is 33.3 Å². The first-order valence-corrected chi connectivity index (χ1v) is 6.40. The zero-order valence-electron chi connectivity index (χ0n) is 10.7. The van der Waals surface area contributed by atoms with Crippen LogP contribution in [0.3, 0.4) is 0 Å². The molecule has 0 fully saturated rings. The largest absolute Gasteiger partial charge is 0.573 e. The van der Waals surface area contributed by atoms with Gasteiger partial charge < -0.3 is 10.2 Å². The minimum atomic E-state index is -4.75. The maximum atomic E-state index is 12.1. The molecule has 112 valence electrons. The third-order valence-electron chi connectivity index (χ3n) is 2.52. The van der Waals surface area contributed by atoms with Crippen molar-refractivity contribution < 1.29 is 17.9 Å². The Morgan fingerprint density at radius 3 is 2.38 bits per heavy atom. The Morgan fingerprint density at radius 1 is 1.05 bits per heavy atom. The predicted molar refractivity (Wildman–Crippen MR) is 75.0 cm³/mol. The van der Waals surface area contributed by atoms with Crippen molar-refractivity contribution in [3.05, 3.63) is 59.1 Å². The van der Waals surface area contributed by atoms with E-state index in [1.807, 2.05) is 30.3 Å². The number of para-hydroxylation sites is 1. The van der Waals surface area contributed by atoms with Gasteiger partial charge in [-0.05, 0) is 29.8 Å². The summed E-state index contributed by atoms with van der Waals surface area (Å²) in [4.78, 5) is 0. The van der Waals surface area contributed by atoms with Crippen LogP contribution in [-0.2, 0) is 6.54 Å². The van der Waals surface area contributed by atoms with E-state index in [0.717, 1.165) is 11.3 Å². The highest BCUT2D eigenvalue weighted by Crippen LogP contribution is 2.30. The fraction of sp³-hybridized carbons (Fsp3) is 0.143. The number of ether oxygens (including phenoxy) is 1. The summed E-state index contributed by atoms with van der Waals surface area (Å²) in [7, 11) is 0. The third kappa shape index (κ3) is 5.17. The summed E-state index contributed by atoms with van der Waals surface area (Å²) in [6, 6.07) is 13.5. The Morgan fingerprint density at radius 2 is 1.76 bits per heavy atom. The molecule has 0 atom stereocenters. The number of halogens is 4. The normalized spacial score (nSPS) is 11.2. The van der Waals surface area contributed by atoms with Gasteiger partial charge >= 0.3 is 6.36 Å². The number of hydrogen-bond donors (Lipinski definition) is 2. The molecule has 0 aliphatic rings. The minimum Gasteiger partial charge on any atom is -0.404 e. The van der Waals surface area contributed by atoms with E-state index >= 15 is 0 Å². The van der Waals surface area contributed by atoms with Crippen molar-refractivity contribution in [2.45, 2.75) is 12.9 Å². The molecule has 0 bridgehead atoms. The Bertz CT molecular complexity index is 591. The molecule has 2 aromatic rings. The van der Waals surface area contributed by atoms with Crippen molar-refractivity contribution in [3.63, 3.8) is 0 Å². The molecule has 2 N–H and O–H groups in total. The summed E-state index contributed by atoms with van der Waals surface area (Å²) in [6.07, 6.45) is -4.75. The predicted octanol–water partition coefficient (Wildman–Crippen LogP) is 4.36. The van der Waals surface area contributed by atoms with Gasteiger partial charge in [-0.25, -0.2) is 5.43 Å². The smallest absolute Gasteiger partial charge is 0.404 e. The maximum absolute atomic E-state index is 12.1. The lowest BCUT2D eigenvalue weighted by molar-refractivity contribution is -0.274. The van der Waals surface area contributed by atoms with E-state index in [-0.39, 0.29) is 5.02 Å². The van der Waals surface area contributed by atoms with Crippen LogP contribution in [0.25, 0.3) is 0 Å². The molecule has 21 heavy (non-hydrogen) atoms. The fourth-order valence-electron chi connectivity index (χ4n) is 1.63. The van der Waals surface area contributed by atoms with Crippen LogP contribution in [0.2, 0.25) is 5.02 Å². The van der Waals surface area contributed by atoms with Crippen LogP contribution in [0, 0.1) is 0 Å². The Labute approximate surface area is 124 Å². The minimum absolute atomic E-state index is 0.0914. The van der Waals surface area contributed by atoms with Crippen LogP contribution in [-0.4, -0.2) is 6.36 Å². The van der Waals surface area contributed by atoms with Gasteiger partial charge in [0.1, 0.15) is 5.75 Å². The molecule has 3 nitrogen and oxygen atoms in total. The molecule has 0 radical (unpaired) electrons. The number of hydrogen-bond acceptors (Lipinski definition) is 3. The van der Waals surface area contributed by atoms with Crippen LogP contribution in [0.15, 0.2) is 48.5 Å². The van der Waals surface area contributed by atoms with Crippen LogP contribution < -0.4 is 15.6 Å². The van der Waals surface area contributed by atoms with Gasteiger partial charge in [0.25, 0.3) is 0 Å². The molecule has 2 aromatic carbocycles. The number of alkyl halides is 3. The highest BCUT2D eigenvalue weighted by molar-refractivity contribution is 6.32. The van der Waals surface area contributed by atoms with E-state index in [1.165, 1.54) is 18.2 Å². The first-order valence-electron chi connectivity index (χ1n) is 6.02. The zero-order chi connectivity index (χ0) is 15.3. The molecular formula is C14H12ClF3N2O. The lowest BCUT2D eigenvalue weighted by atomic mass is 10.2. The van der Waals surface area contributed by atoms with Gasteiger partial charge in [0.15, 0.2) is 0 Å². The number of anilines is 1. The monoisotopic (exact) mass is 316 g/mol. The summed E-state index contributed by atoms with van der Waals surface area (Å²) in [5.74, 6) is -0.413. The number of rotatable bonds is 5. The van der Waals surface area contributed by atoms with E-state index in [2.05, 4.69) is 15.6 Å². The molecule has 0 saturated carbocycles. The first-order chi connectivity index (χ1) is 9.94. The molecule has 0 spiro atoms. The second-order valence-corrected chi connectivity index (χ2v) is 4.56. The number of hydrazine groups is 1. The van der Waals surface area contributed by atoms with Gasteiger partial charge in [-0.15, -0.1) is 13.2 Å². The van der Waals surface area contributed by atoms with Crippen molar-refractivity contribution >= 4 is 17.3 Å². The Balaban J connectivity index is 1.91. The van der Waals surface area contributed by atoms with Crippen molar-refractivity contribution in [1.29, 1.82) is 0 Å². The van der Waals surface area contributed by atoms with E-state index in [1.54, 1.807) is 0 Å². The molecule has 0 aromatic heterocycles. The van der Waals surface area contributed by atoms with Crippen molar-refractivity contribution in [2.24, 2.45) is 0 Å². The van der Waals surface area contributed by atoms with E-state index < -0.39 is 12.1 Å². The van der Waals surface area contributed by atoms with Crippen LogP contribution >= 0.6 is 11.6 Å². The fourth-order valence-corrected chi connectivity index (χ4v) is 1.87. The zero-order valence-corrected chi connectivity index (χ0v) is 11.5. The number of benzene rings is 2. The van der Waals surface area contributed by atoms with E-state index in [0.29, 0.717) is 6.54 Å². The van der Waals surface area contributed by atoms with Crippen LogP contribution in [0.5, 0.6) is 5.75 Å². The molecule has 0 aliphatic carbocycles.